The van der Waals surface area contributed by atoms with Crippen LogP contribution in [0.2, 0.25) is 0 Å². The molecule has 3 aromatic rings. The fourth-order valence-corrected chi connectivity index (χ4v) is 2.29. The summed E-state index contributed by atoms with van der Waals surface area (Å²) < 4.78 is 36.9. The third kappa shape index (κ3) is 4.30. The zero-order chi connectivity index (χ0) is 19.4. The second-order valence-electron chi connectivity index (χ2n) is 5.47. The first-order valence-electron chi connectivity index (χ1n) is 7.80. The molecule has 6 nitrogen and oxygen atoms in total. The van der Waals surface area contributed by atoms with Crippen LogP contribution in [0.25, 0.3) is 0 Å². The lowest BCUT2D eigenvalue weighted by Crippen LogP contribution is -2.06. The standard InChI is InChI=1S/C19H15F2N3O3/c1-26-19(25)14-9-12(27-13-4-7-18(22)23-10-13)3-6-17(14)24-11-2-5-15(20)16(21)8-11/h2-10,24H,1H3,(H2,22,23). The van der Waals surface area contributed by atoms with Crippen LogP contribution in [0, 0.1) is 11.6 Å². The number of esters is 1. The van der Waals surface area contributed by atoms with Crippen molar-refractivity contribution in [1.82, 2.24) is 4.98 Å². The van der Waals surface area contributed by atoms with Gasteiger partial charge in [-0.25, -0.2) is 18.6 Å². The highest BCUT2D eigenvalue weighted by Gasteiger charge is 2.15. The molecule has 27 heavy (non-hydrogen) atoms. The molecular weight excluding hydrogens is 356 g/mol. The maximum atomic E-state index is 13.4. The number of ether oxygens (including phenoxy) is 2. The van der Waals surface area contributed by atoms with Crippen LogP contribution in [0.15, 0.2) is 54.7 Å². The van der Waals surface area contributed by atoms with Crippen molar-refractivity contribution in [3.8, 4) is 11.5 Å². The van der Waals surface area contributed by atoms with Crippen LogP contribution in [0.1, 0.15) is 10.4 Å². The smallest absolute Gasteiger partial charge is 0.340 e. The van der Waals surface area contributed by atoms with Gasteiger partial charge in [0.05, 0.1) is 24.6 Å². The van der Waals surface area contributed by atoms with Crippen molar-refractivity contribution in [1.29, 1.82) is 0 Å². The SMILES string of the molecule is COC(=O)c1cc(Oc2ccc(N)nc2)ccc1Nc1ccc(F)c(F)c1. The van der Waals surface area contributed by atoms with Gasteiger partial charge in [-0.05, 0) is 42.5 Å². The van der Waals surface area contributed by atoms with Gasteiger partial charge in [0, 0.05) is 11.8 Å². The van der Waals surface area contributed by atoms with E-state index < -0.39 is 17.6 Å². The first kappa shape index (κ1) is 18.1. The molecule has 138 valence electrons. The lowest BCUT2D eigenvalue weighted by Gasteiger charge is -2.13. The van der Waals surface area contributed by atoms with Gasteiger partial charge in [0.2, 0.25) is 0 Å². The second-order valence-corrected chi connectivity index (χ2v) is 5.47. The minimum atomic E-state index is -1.00. The summed E-state index contributed by atoms with van der Waals surface area (Å²) in [7, 11) is 1.24. The van der Waals surface area contributed by atoms with E-state index in [-0.39, 0.29) is 11.3 Å². The van der Waals surface area contributed by atoms with Crippen LogP contribution >= 0.6 is 0 Å². The molecule has 3 rings (SSSR count). The molecule has 0 radical (unpaired) electrons. The van der Waals surface area contributed by atoms with E-state index in [1.54, 1.807) is 24.3 Å². The molecule has 0 aliphatic rings. The number of methoxy groups -OCH3 is 1. The Bertz CT molecular complexity index is 978. The van der Waals surface area contributed by atoms with Crippen LogP contribution in [0.4, 0.5) is 26.0 Å². The Morgan fingerprint density at radius 2 is 1.81 bits per heavy atom. The van der Waals surface area contributed by atoms with Crippen molar-refractivity contribution >= 4 is 23.2 Å². The summed E-state index contributed by atoms with van der Waals surface area (Å²) in [4.78, 5) is 16.0. The average molecular weight is 371 g/mol. The van der Waals surface area contributed by atoms with Gasteiger partial charge in [0.1, 0.15) is 17.3 Å². The molecule has 1 heterocycles. The highest BCUT2D eigenvalue weighted by Crippen LogP contribution is 2.29. The van der Waals surface area contributed by atoms with Crippen molar-refractivity contribution in [2.75, 3.05) is 18.2 Å². The molecule has 0 atom stereocenters. The number of pyridine rings is 1. The Balaban J connectivity index is 1.90. The topological polar surface area (TPSA) is 86.5 Å². The molecule has 0 aliphatic carbocycles. The summed E-state index contributed by atoms with van der Waals surface area (Å²) in [5, 5.41) is 2.86. The number of aromatic nitrogens is 1. The van der Waals surface area contributed by atoms with Gasteiger partial charge in [-0.15, -0.1) is 0 Å². The normalized spacial score (nSPS) is 10.3. The number of rotatable bonds is 5. The second kappa shape index (κ2) is 7.69. The van der Waals surface area contributed by atoms with Crippen molar-refractivity contribution in [2.24, 2.45) is 0 Å². The monoisotopic (exact) mass is 371 g/mol. The highest BCUT2D eigenvalue weighted by molar-refractivity contribution is 5.97. The van der Waals surface area contributed by atoms with Gasteiger partial charge in [-0.3, -0.25) is 0 Å². The highest BCUT2D eigenvalue weighted by atomic mass is 19.2. The zero-order valence-corrected chi connectivity index (χ0v) is 14.2. The summed E-state index contributed by atoms with van der Waals surface area (Å²) >= 11 is 0. The van der Waals surface area contributed by atoms with E-state index in [1.165, 1.54) is 25.4 Å². The first-order valence-corrected chi connectivity index (χ1v) is 7.80. The molecule has 3 N–H and O–H groups in total. The first-order chi connectivity index (χ1) is 13.0. The summed E-state index contributed by atoms with van der Waals surface area (Å²) in [6, 6.07) is 11.2. The Labute approximate surface area is 153 Å². The number of nitrogen functional groups attached to an aromatic ring is 1. The summed E-state index contributed by atoms with van der Waals surface area (Å²) in [5.41, 5.74) is 6.30. The number of halogens is 2. The van der Waals surface area contributed by atoms with Crippen LogP contribution in [-0.2, 0) is 4.74 Å². The number of nitrogens with two attached hydrogens (primary N) is 1. The molecule has 0 fully saturated rings. The number of carbonyl (C=O) groups is 1. The van der Waals surface area contributed by atoms with Crippen molar-refractivity contribution in [3.63, 3.8) is 0 Å². The number of nitrogens with zero attached hydrogens (tertiary/aromatic N) is 1. The van der Waals surface area contributed by atoms with Crippen molar-refractivity contribution < 1.29 is 23.0 Å². The number of benzene rings is 2. The number of anilines is 3. The van der Waals surface area contributed by atoms with E-state index in [4.69, 9.17) is 15.2 Å². The Hall–Kier alpha value is -3.68. The molecule has 0 saturated heterocycles. The third-order valence-electron chi connectivity index (χ3n) is 3.59. The molecule has 0 amide bonds. The maximum Gasteiger partial charge on any atom is 0.340 e. The Kier molecular flexibility index (Phi) is 5.16. The van der Waals surface area contributed by atoms with Crippen molar-refractivity contribution in [3.05, 3.63) is 71.9 Å². The zero-order valence-electron chi connectivity index (χ0n) is 14.2. The van der Waals surface area contributed by atoms with E-state index in [0.717, 1.165) is 12.1 Å². The Morgan fingerprint density at radius 3 is 2.48 bits per heavy atom. The quantitative estimate of drug-likeness (QED) is 0.652. The van der Waals surface area contributed by atoms with Crippen LogP contribution in [-0.4, -0.2) is 18.1 Å². The number of hydrogen-bond donors (Lipinski definition) is 2. The molecule has 0 spiro atoms. The predicted octanol–water partition coefficient (Wildman–Crippen LogP) is 4.26. The van der Waals surface area contributed by atoms with E-state index in [9.17, 15) is 13.6 Å². The van der Waals surface area contributed by atoms with E-state index >= 15 is 0 Å². The van der Waals surface area contributed by atoms with Gasteiger partial charge in [0.15, 0.2) is 11.6 Å². The minimum Gasteiger partial charge on any atom is -0.465 e. The van der Waals surface area contributed by atoms with Crippen molar-refractivity contribution in [2.45, 2.75) is 0 Å². The molecule has 2 aromatic carbocycles. The van der Waals surface area contributed by atoms with Gasteiger partial charge >= 0.3 is 5.97 Å². The molecule has 0 unspecified atom stereocenters. The predicted molar refractivity (Wildman–Crippen MR) is 96.1 cm³/mol. The number of carbonyl (C=O) groups excluding carboxylic acids is 1. The maximum absolute atomic E-state index is 13.4. The molecule has 1 aromatic heterocycles. The molecule has 0 aliphatic heterocycles. The van der Waals surface area contributed by atoms with Gasteiger partial charge in [0.25, 0.3) is 0 Å². The fraction of sp³-hybridized carbons (Fsp3) is 0.0526. The van der Waals surface area contributed by atoms with Gasteiger partial charge in [-0.2, -0.15) is 0 Å². The Morgan fingerprint density at radius 1 is 1.04 bits per heavy atom. The lowest BCUT2D eigenvalue weighted by molar-refractivity contribution is 0.0601. The molecule has 8 heteroatoms. The van der Waals surface area contributed by atoms with E-state index in [0.29, 0.717) is 23.0 Å². The summed E-state index contributed by atoms with van der Waals surface area (Å²) in [6.45, 7) is 0. The third-order valence-corrected chi connectivity index (χ3v) is 3.59. The number of hydrogen-bond acceptors (Lipinski definition) is 6. The van der Waals surface area contributed by atoms with Crippen LogP contribution in [0.3, 0.4) is 0 Å². The minimum absolute atomic E-state index is 0.156. The summed E-state index contributed by atoms with van der Waals surface area (Å²) in [5.74, 6) is -1.45. The number of nitrogens with one attached hydrogen (secondary N) is 1. The fourth-order valence-electron chi connectivity index (χ4n) is 2.29. The average Bonchev–Trinajstić information content (AvgIpc) is 2.67. The molecule has 0 saturated carbocycles. The summed E-state index contributed by atoms with van der Waals surface area (Å²) in [6.07, 6.45) is 1.45. The van der Waals surface area contributed by atoms with E-state index in [2.05, 4.69) is 10.3 Å². The van der Waals surface area contributed by atoms with Gasteiger partial charge < -0.3 is 20.5 Å². The van der Waals surface area contributed by atoms with Crippen LogP contribution in [0.5, 0.6) is 11.5 Å². The largest absolute Gasteiger partial charge is 0.465 e. The lowest BCUT2D eigenvalue weighted by atomic mass is 10.1. The van der Waals surface area contributed by atoms with Gasteiger partial charge in [-0.1, -0.05) is 0 Å². The van der Waals surface area contributed by atoms with Crippen LogP contribution < -0.4 is 15.8 Å². The van der Waals surface area contributed by atoms with E-state index in [1.807, 2.05) is 0 Å². The molecular formula is C19H15F2N3O3. The molecule has 0 bridgehead atoms.